The second kappa shape index (κ2) is 11.5. The quantitative estimate of drug-likeness (QED) is 0.236. The van der Waals surface area contributed by atoms with Gasteiger partial charge in [-0.1, -0.05) is 61.5 Å². The first-order valence-electron chi connectivity index (χ1n) is 12.5. The summed E-state index contributed by atoms with van der Waals surface area (Å²) in [5.41, 5.74) is 8.94. The van der Waals surface area contributed by atoms with Crippen molar-refractivity contribution < 1.29 is 13.2 Å². The van der Waals surface area contributed by atoms with Crippen LogP contribution in [0.15, 0.2) is 94.9 Å². The van der Waals surface area contributed by atoms with E-state index in [1.54, 1.807) is 36.5 Å². The molecule has 4 rings (SSSR count). The normalized spacial score (nSPS) is 11.6. The van der Waals surface area contributed by atoms with Gasteiger partial charge >= 0.3 is 0 Å². The van der Waals surface area contributed by atoms with Crippen molar-refractivity contribution in [1.82, 2.24) is 9.99 Å². The second-order valence-corrected chi connectivity index (χ2v) is 10.9. The number of hydrogen-bond donors (Lipinski definition) is 1. The molecule has 7 nitrogen and oxygen atoms in total. The molecule has 0 aliphatic heterocycles. The van der Waals surface area contributed by atoms with Crippen molar-refractivity contribution in [2.24, 2.45) is 5.10 Å². The number of nitrogens with one attached hydrogen (secondary N) is 1. The Morgan fingerprint density at radius 2 is 1.61 bits per heavy atom. The van der Waals surface area contributed by atoms with Crippen molar-refractivity contribution in [3.63, 3.8) is 0 Å². The third kappa shape index (κ3) is 5.55. The Hall–Kier alpha value is -4.17. The Balaban J connectivity index is 1.58. The number of carbonyl (C=O) groups is 1. The summed E-state index contributed by atoms with van der Waals surface area (Å²) < 4.78 is 30.5. The molecule has 1 aromatic heterocycles. The molecule has 0 atom stereocenters. The van der Waals surface area contributed by atoms with Gasteiger partial charge in [-0.3, -0.25) is 9.10 Å². The Labute approximate surface area is 224 Å². The smallest absolute Gasteiger partial charge is 0.264 e. The van der Waals surface area contributed by atoms with Crippen LogP contribution in [0.3, 0.4) is 0 Å². The molecule has 0 aliphatic rings. The van der Waals surface area contributed by atoms with Crippen LogP contribution < -0.4 is 9.73 Å². The SMILES string of the molecule is CCc1ccccc1N(CC(=O)N/N=C\c1cc(C)n(-c2ccccc2C)c1C)S(=O)(=O)c1ccccc1. The van der Waals surface area contributed by atoms with Crippen LogP contribution in [-0.4, -0.2) is 31.7 Å². The number of aromatic nitrogens is 1. The summed E-state index contributed by atoms with van der Waals surface area (Å²) in [5, 5.41) is 4.16. The predicted octanol–water partition coefficient (Wildman–Crippen LogP) is 5.31. The van der Waals surface area contributed by atoms with E-state index in [0.717, 1.165) is 38.1 Å². The Kier molecular flexibility index (Phi) is 8.12. The van der Waals surface area contributed by atoms with Gasteiger partial charge in [0.15, 0.2) is 0 Å². The summed E-state index contributed by atoms with van der Waals surface area (Å²) in [6.45, 7) is 7.62. The van der Waals surface area contributed by atoms with Crippen LogP contribution in [0, 0.1) is 20.8 Å². The zero-order valence-corrected chi connectivity index (χ0v) is 22.9. The van der Waals surface area contributed by atoms with Crippen molar-refractivity contribution in [3.8, 4) is 5.69 Å². The molecule has 196 valence electrons. The Morgan fingerprint density at radius 1 is 0.947 bits per heavy atom. The number of anilines is 1. The fraction of sp³-hybridized carbons (Fsp3) is 0.200. The lowest BCUT2D eigenvalue weighted by molar-refractivity contribution is -0.119. The lowest BCUT2D eigenvalue weighted by Gasteiger charge is -2.25. The van der Waals surface area contributed by atoms with Crippen LogP contribution in [0.2, 0.25) is 0 Å². The average Bonchev–Trinajstić information content (AvgIpc) is 3.20. The van der Waals surface area contributed by atoms with Gasteiger partial charge in [0.25, 0.3) is 15.9 Å². The first-order valence-corrected chi connectivity index (χ1v) is 13.9. The molecule has 0 saturated carbocycles. The highest BCUT2D eigenvalue weighted by Crippen LogP contribution is 2.27. The van der Waals surface area contributed by atoms with E-state index in [2.05, 4.69) is 34.2 Å². The monoisotopic (exact) mass is 528 g/mol. The van der Waals surface area contributed by atoms with Crippen LogP contribution in [0.25, 0.3) is 5.69 Å². The summed E-state index contributed by atoms with van der Waals surface area (Å²) in [4.78, 5) is 13.1. The summed E-state index contributed by atoms with van der Waals surface area (Å²) >= 11 is 0. The third-order valence-electron chi connectivity index (χ3n) is 6.48. The van der Waals surface area contributed by atoms with Gasteiger partial charge in [0.05, 0.1) is 16.8 Å². The summed E-state index contributed by atoms with van der Waals surface area (Å²) in [6.07, 6.45) is 2.21. The second-order valence-electron chi connectivity index (χ2n) is 9.05. The van der Waals surface area contributed by atoms with Crippen LogP contribution in [0.5, 0.6) is 0 Å². The first-order chi connectivity index (χ1) is 18.2. The molecule has 0 radical (unpaired) electrons. The van der Waals surface area contributed by atoms with Gasteiger partial charge in [-0.2, -0.15) is 5.10 Å². The molecule has 3 aromatic carbocycles. The summed E-state index contributed by atoms with van der Waals surface area (Å²) in [7, 11) is -3.99. The number of para-hydroxylation sites is 2. The van der Waals surface area contributed by atoms with E-state index in [9.17, 15) is 13.2 Å². The highest BCUT2D eigenvalue weighted by atomic mass is 32.2. The van der Waals surface area contributed by atoms with Gasteiger partial charge < -0.3 is 4.57 Å². The maximum Gasteiger partial charge on any atom is 0.264 e. The number of benzene rings is 3. The molecule has 0 unspecified atom stereocenters. The molecule has 0 fully saturated rings. The molecule has 38 heavy (non-hydrogen) atoms. The Morgan fingerprint density at radius 3 is 2.32 bits per heavy atom. The van der Waals surface area contributed by atoms with E-state index >= 15 is 0 Å². The maximum atomic E-state index is 13.6. The average molecular weight is 529 g/mol. The molecule has 0 bridgehead atoms. The summed E-state index contributed by atoms with van der Waals surface area (Å²) in [6, 6.07) is 25.5. The number of rotatable bonds is 9. The van der Waals surface area contributed by atoms with Crippen molar-refractivity contribution >= 4 is 27.8 Å². The highest BCUT2D eigenvalue weighted by Gasteiger charge is 2.28. The van der Waals surface area contributed by atoms with E-state index in [1.165, 1.54) is 12.1 Å². The number of hydrogen-bond acceptors (Lipinski definition) is 4. The van der Waals surface area contributed by atoms with E-state index in [1.807, 2.05) is 51.1 Å². The molecular weight excluding hydrogens is 496 g/mol. The van der Waals surface area contributed by atoms with Gasteiger partial charge in [-0.15, -0.1) is 0 Å². The number of nitrogens with zero attached hydrogens (tertiary/aromatic N) is 3. The zero-order chi connectivity index (χ0) is 27.3. The molecule has 1 heterocycles. The molecule has 0 saturated heterocycles. The fourth-order valence-corrected chi connectivity index (χ4v) is 6.00. The number of sulfonamides is 1. The molecular formula is C30H32N4O3S. The number of aryl methyl sites for hydroxylation is 3. The zero-order valence-electron chi connectivity index (χ0n) is 22.0. The van der Waals surface area contributed by atoms with Gasteiger partial charge in [-0.25, -0.2) is 13.8 Å². The standard InChI is InChI=1S/C30H32N4O3S/c1-5-25-14-10-12-18-29(25)33(38(36,37)27-15-7-6-8-16-27)21-30(35)32-31-20-26-19-23(3)34(24(26)4)28-17-11-9-13-22(28)2/h6-20H,5,21H2,1-4H3,(H,32,35)/b31-20-. The minimum absolute atomic E-state index is 0.117. The van der Waals surface area contributed by atoms with Crippen molar-refractivity contribution in [3.05, 3.63) is 113 Å². The molecule has 1 N–H and O–H groups in total. The molecule has 1 amide bonds. The van der Waals surface area contributed by atoms with Crippen LogP contribution in [0.4, 0.5) is 5.69 Å². The maximum absolute atomic E-state index is 13.6. The van der Waals surface area contributed by atoms with E-state index in [-0.39, 0.29) is 4.90 Å². The molecule has 0 spiro atoms. The van der Waals surface area contributed by atoms with E-state index in [4.69, 9.17) is 0 Å². The molecule has 4 aromatic rings. The van der Waals surface area contributed by atoms with Gasteiger partial charge in [0.1, 0.15) is 6.54 Å². The van der Waals surface area contributed by atoms with Gasteiger partial charge in [0, 0.05) is 22.6 Å². The topological polar surface area (TPSA) is 83.8 Å². The number of amides is 1. The minimum Gasteiger partial charge on any atom is -0.318 e. The van der Waals surface area contributed by atoms with Crippen LogP contribution in [-0.2, 0) is 21.2 Å². The summed E-state index contributed by atoms with van der Waals surface area (Å²) in [5.74, 6) is -0.542. The van der Waals surface area contributed by atoms with Crippen molar-refractivity contribution in [1.29, 1.82) is 0 Å². The molecule has 8 heteroatoms. The van der Waals surface area contributed by atoms with Gasteiger partial charge in [-0.05, 0) is 68.7 Å². The molecule has 0 aliphatic carbocycles. The highest BCUT2D eigenvalue weighted by molar-refractivity contribution is 7.92. The van der Waals surface area contributed by atoms with Crippen molar-refractivity contribution in [2.45, 2.75) is 39.0 Å². The van der Waals surface area contributed by atoms with E-state index < -0.39 is 22.5 Å². The van der Waals surface area contributed by atoms with Gasteiger partial charge in [0.2, 0.25) is 0 Å². The van der Waals surface area contributed by atoms with Crippen LogP contribution >= 0.6 is 0 Å². The first kappa shape index (κ1) is 26.9. The van der Waals surface area contributed by atoms with E-state index in [0.29, 0.717) is 12.1 Å². The Bertz CT molecular complexity index is 1570. The fourth-order valence-electron chi connectivity index (χ4n) is 4.52. The number of hydrazone groups is 1. The van der Waals surface area contributed by atoms with Crippen molar-refractivity contribution in [2.75, 3.05) is 10.8 Å². The number of carbonyl (C=O) groups excluding carboxylic acids is 1. The third-order valence-corrected chi connectivity index (χ3v) is 8.25. The predicted molar refractivity (Wildman–Crippen MR) is 153 cm³/mol. The lowest BCUT2D eigenvalue weighted by atomic mass is 10.1. The minimum atomic E-state index is -3.99. The largest absolute Gasteiger partial charge is 0.318 e. The van der Waals surface area contributed by atoms with Crippen LogP contribution in [0.1, 0.15) is 35.0 Å². The lowest BCUT2D eigenvalue weighted by Crippen LogP contribution is -2.40.